The largest absolute Gasteiger partial charge is 0.342 e. The monoisotopic (exact) mass is 357 g/mol. The van der Waals surface area contributed by atoms with Crippen LogP contribution >= 0.6 is 0 Å². The molecule has 7 nitrogen and oxygen atoms in total. The third-order valence-corrected chi connectivity index (χ3v) is 8.42. The van der Waals surface area contributed by atoms with Crippen LogP contribution < -0.4 is 0 Å². The molecule has 0 saturated carbocycles. The van der Waals surface area contributed by atoms with Crippen molar-refractivity contribution in [3.63, 3.8) is 0 Å². The van der Waals surface area contributed by atoms with Crippen LogP contribution in [0.15, 0.2) is 24.3 Å². The van der Waals surface area contributed by atoms with Gasteiger partial charge in [0.1, 0.15) is 5.82 Å². The average Bonchev–Trinajstić information content (AvgIpc) is 3.07. The molecule has 3 rings (SSSR count). The second-order valence-corrected chi connectivity index (χ2v) is 10.4. The highest BCUT2D eigenvalue weighted by Crippen LogP contribution is 2.21. The first-order valence-electron chi connectivity index (χ1n) is 7.37. The van der Waals surface area contributed by atoms with Gasteiger partial charge in [0.05, 0.1) is 27.8 Å². The fourth-order valence-electron chi connectivity index (χ4n) is 2.76. The third-order valence-electron chi connectivity index (χ3n) is 4.15. The molecule has 2 heterocycles. The van der Waals surface area contributed by atoms with Gasteiger partial charge in [0.25, 0.3) is 0 Å². The number of fused-ring (bicyclic) bond motifs is 1. The predicted octanol–water partition coefficient (Wildman–Crippen LogP) is 0.554. The highest BCUT2D eigenvalue weighted by Gasteiger charge is 2.39. The number of sulfone groups is 1. The van der Waals surface area contributed by atoms with Gasteiger partial charge in [0.2, 0.25) is 10.0 Å². The Hall–Kier alpha value is -1.45. The lowest BCUT2D eigenvalue weighted by Gasteiger charge is -2.20. The van der Waals surface area contributed by atoms with Crippen molar-refractivity contribution in [3.8, 4) is 0 Å². The number of likely N-dealkylation sites (N-methyl/N-ethyl adjacent to an activating group) is 1. The van der Waals surface area contributed by atoms with E-state index in [9.17, 15) is 16.8 Å². The van der Waals surface area contributed by atoms with Gasteiger partial charge in [0, 0.05) is 20.0 Å². The molecule has 1 N–H and O–H groups in total. The molecule has 0 unspecified atom stereocenters. The first-order chi connectivity index (χ1) is 10.8. The summed E-state index contributed by atoms with van der Waals surface area (Å²) >= 11 is 0. The Labute approximate surface area is 135 Å². The Kier molecular flexibility index (Phi) is 4.19. The molecule has 0 spiro atoms. The van der Waals surface area contributed by atoms with E-state index in [0.29, 0.717) is 12.2 Å². The van der Waals surface area contributed by atoms with Crippen LogP contribution in [0.1, 0.15) is 12.2 Å². The summed E-state index contributed by atoms with van der Waals surface area (Å²) in [4.78, 5) is 7.57. The lowest BCUT2D eigenvalue weighted by atomic mass is 10.3. The Bertz CT molecular complexity index is 885. The number of hydrogen-bond donors (Lipinski definition) is 1. The van der Waals surface area contributed by atoms with Crippen molar-refractivity contribution in [1.82, 2.24) is 14.3 Å². The van der Waals surface area contributed by atoms with Crippen LogP contribution in [-0.2, 0) is 26.3 Å². The number of hydrogen-bond acceptors (Lipinski definition) is 5. The number of nitrogens with zero attached hydrogens (tertiary/aromatic N) is 2. The summed E-state index contributed by atoms with van der Waals surface area (Å²) in [6.07, 6.45) is 0.628. The summed E-state index contributed by atoms with van der Waals surface area (Å²) in [5.41, 5.74) is 1.75. The van der Waals surface area contributed by atoms with Crippen molar-refractivity contribution in [2.24, 2.45) is 0 Å². The minimum atomic E-state index is -3.60. The van der Waals surface area contributed by atoms with Crippen LogP contribution in [0.2, 0.25) is 0 Å². The quantitative estimate of drug-likeness (QED) is 0.842. The Morgan fingerprint density at radius 2 is 2.09 bits per heavy atom. The highest BCUT2D eigenvalue weighted by molar-refractivity contribution is 7.95. The van der Waals surface area contributed by atoms with Crippen molar-refractivity contribution >= 4 is 30.9 Å². The molecule has 23 heavy (non-hydrogen) atoms. The number of H-pyrrole nitrogens is 1. The number of aromatic nitrogens is 2. The van der Waals surface area contributed by atoms with Crippen LogP contribution in [0.5, 0.6) is 0 Å². The smallest absolute Gasteiger partial charge is 0.217 e. The number of para-hydroxylation sites is 2. The Balaban J connectivity index is 1.67. The summed E-state index contributed by atoms with van der Waals surface area (Å²) in [5.74, 6) is 0.394. The van der Waals surface area contributed by atoms with Gasteiger partial charge in [-0.1, -0.05) is 12.1 Å². The number of sulfonamides is 1. The van der Waals surface area contributed by atoms with E-state index in [-0.39, 0.29) is 24.5 Å². The van der Waals surface area contributed by atoms with E-state index in [1.165, 1.54) is 11.4 Å². The van der Waals surface area contributed by atoms with E-state index in [4.69, 9.17) is 0 Å². The number of nitrogens with one attached hydrogen (secondary N) is 1. The molecule has 0 amide bonds. The molecule has 1 saturated heterocycles. The van der Waals surface area contributed by atoms with Crippen LogP contribution in [0.3, 0.4) is 0 Å². The van der Waals surface area contributed by atoms with E-state index in [1.807, 2.05) is 24.3 Å². The molecule has 2 aromatic rings. The average molecular weight is 357 g/mol. The number of benzene rings is 1. The molecule has 0 radical (unpaired) electrons. The second kappa shape index (κ2) is 5.88. The normalized spacial score (nSPS) is 21.2. The van der Waals surface area contributed by atoms with Crippen molar-refractivity contribution in [1.29, 1.82) is 0 Å². The molecule has 1 aliphatic rings. The molecule has 0 bridgehead atoms. The van der Waals surface area contributed by atoms with Crippen LogP contribution in [-0.4, -0.2) is 61.5 Å². The van der Waals surface area contributed by atoms with Gasteiger partial charge >= 0.3 is 0 Å². The molecular weight excluding hydrogens is 338 g/mol. The van der Waals surface area contributed by atoms with Gasteiger partial charge < -0.3 is 4.98 Å². The van der Waals surface area contributed by atoms with E-state index in [0.717, 1.165) is 11.0 Å². The molecule has 1 aliphatic heterocycles. The number of imidazole rings is 1. The lowest BCUT2D eigenvalue weighted by Crippen LogP contribution is -2.38. The fraction of sp³-hybridized carbons (Fsp3) is 0.500. The van der Waals surface area contributed by atoms with Gasteiger partial charge in [-0.2, -0.15) is 0 Å². The summed E-state index contributed by atoms with van der Waals surface area (Å²) < 4.78 is 49.1. The van der Waals surface area contributed by atoms with Gasteiger partial charge in [-0.15, -0.1) is 0 Å². The van der Waals surface area contributed by atoms with Crippen LogP contribution in [0, 0.1) is 0 Å². The van der Waals surface area contributed by atoms with E-state index in [1.54, 1.807) is 0 Å². The molecule has 126 valence electrons. The van der Waals surface area contributed by atoms with Crippen LogP contribution in [0.25, 0.3) is 11.0 Å². The van der Waals surface area contributed by atoms with Gasteiger partial charge in [-0.05, 0) is 18.6 Å². The maximum atomic E-state index is 12.4. The molecule has 9 heteroatoms. The fourth-order valence-corrected chi connectivity index (χ4v) is 7.04. The van der Waals surface area contributed by atoms with Crippen molar-refractivity contribution < 1.29 is 16.8 Å². The molecule has 1 atom stereocenters. The standard InChI is InChI=1S/C14H19N3O4S2/c1-17(23(20,21)11-7-9-22(18,19)10-11)8-6-14-15-12-4-2-3-5-13(12)16-14/h2-5,11H,6-10H2,1H3,(H,15,16)/t11-/m1/s1. The Morgan fingerprint density at radius 3 is 2.74 bits per heavy atom. The van der Waals surface area contributed by atoms with Crippen molar-refractivity contribution in [2.75, 3.05) is 25.1 Å². The number of rotatable bonds is 5. The van der Waals surface area contributed by atoms with Gasteiger partial charge in [-0.3, -0.25) is 0 Å². The van der Waals surface area contributed by atoms with E-state index >= 15 is 0 Å². The summed E-state index contributed by atoms with van der Waals surface area (Å²) in [7, 11) is -5.33. The summed E-state index contributed by atoms with van der Waals surface area (Å²) in [5, 5.41) is -0.826. The minimum absolute atomic E-state index is 0.0473. The SMILES string of the molecule is CN(CCc1nc2ccccc2[nH]1)S(=O)(=O)[C@@H]1CCS(=O)(=O)C1. The minimum Gasteiger partial charge on any atom is -0.342 e. The first kappa shape index (κ1) is 16.4. The van der Waals surface area contributed by atoms with Gasteiger partial charge in [0.15, 0.2) is 9.84 Å². The van der Waals surface area contributed by atoms with E-state index in [2.05, 4.69) is 9.97 Å². The molecule has 0 aliphatic carbocycles. The molecular formula is C14H19N3O4S2. The first-order valence-corrected chi connectivity index (χ1v) is 10.7. The predicted molar refractivity (Wildman–Crippen MR) is 88.4 cm³/mol. The maximum Gasteiger partial charge on any atom is 0.217 e. The van der Waals surface area contributed by atoms with Gasteiger partial charge in [-0.25, -0.2) is 26.1 Å². The molecule has 1 fully saturated rings. The third kappa shape index (κ3) is 3.41. The molecule has 1 aromatic carbocycles. The van der Waals surface area contributed by atoms with Crippen molar-refractivity contribution in [2.45, 2.75) is 18.1 Å². The van der Waals surface area contributed by atoms with E-state index < -0.39 is 25.1 Å². The lowest BCUT2D eigenvalue weighted by molar-refractivity contribution is 0.461. The highest BCUT2D eigenvalue weighted by atomic mass is 32.2. The molecule has 1 aromatic heterocycles. The Morgan fingerprint density at radius 1 is 1.35 bits per heavy atom. The zero-order chi connectivity index (χ0) is 16.7. The maximum absolute atomic E-state index is 12.4. The second-order valence-electron chi connectivity index (χ2n) is 5.84. The zero-order valence-corrected chi connectivity index (χ0v) is 14.4. The van der Waals surface area contributed by atoms with Crippen molar-refractivity contribution in [3.05, 3.63) is 30.1 Å². The zero-order valence-electron chi connectivity index (χ0n) is 12.8. The van der Waals surface area contributed by atoms with Crippen LogP contribution in [0.4, 0.5) is 0 Å². The topological polar surface area (TPSA) is 100 Å². The summed E-state index contributed by atoms with van der Waals surface area (Å²) in [6, 6.07) is 7.60. The summed E-state index contributed by atoms with van der Waals surface area (Å²) in [6.45, 7) is 0.263. The number of aromatic amines is 1.